The van der Waals surface area contributed by atoms with E-state index in [0.717, 1.165) is 0 Å². The summed E-state index contributed by atoms with van der Waals surface area (Å²) in [5.74, 6) is -0.147. The number of nitrogens with zero attached hydrogens (tertiary/aromatic N) is 1. The number of carbonyl (C=O) groups is 1. The van der Waals surface area contributed by atoms with Crippen molar-refractivity contribution in [2.24, 2.45) is 0 Å². The molecule has 0 fully saturated rings. The van der Waals surface area contributed by atoms with E-state index in [2.05, 4.69) is 0 Å². The Morgan fingerprint density at radius 3 is 2.33 bits per heavy atom. The van der Waals surface area contributed by atoms with Crippen LogP contribution in [0, 0.1) is 0 Å². The number of rotatable bonds is 2. The molecule has 1 heterocycles. The second kappa shape index (κ2) is 3.49. The lowest BCUT2D eigenvalue weighted by molar-refractivity contribution is 0.112. The van der Waals surface area contributed by atoms with Crippen LogP contribution in [0.25, 0.3) is 5.69 Å². The predicted octanol–water partition coefficient (Wildman–Crippen LogP) is 1.70. The summed E-state index contributed by atoms with van der Waals surface area (Å²) in [6.07, 6.45) is 0.709. The first-order valence-corrected chi connectivity index (χ1v) is 4.37. The number of hydrogen-bond acceptors (Lipinski definition) is 3. The Morgan fingerprint density at radius 2 is 1.73 bits per heavy atom. The van der Waals surface area contributed by atoms with Gasteiger partial charge >= 0.3 is 0 Å². The summed E-state index contributed by atoms with van der Waals surface area (Å²) in [4.78, 5) is 10.6. The smallest absolute Gasteiger partial charge is 0.198 e. The molecule has 76 valence electrons. The second-order valence-corrected chi connectivity index (χ2v) is 3.10. The minimum absolute atomic E-state index is 0.0736. The Bertz CT molecular complexity index is 483. The van der Waals surface area contributed by atoms with Gasteiger partial charge < -0.3 is 10.2 Å². The topological polar surface area (TPSA) is 62.5 Å². The molecule has 0 aliphatic rings. The van der Waals surface area contributed by atoms with E-state index in [9.17, 15) is 15.0 Å². The van der Waals surface area contributed by atoms with E-state index in [1.165, 1.54) is 16.7 Å². The highest BCUT2D eigenvalue weighted by Crippen LogP contribution is 2.26. The predicted molar refractivity (Wildman–Crippen MR) is 54.5 cm³/mol. The third kappa shape index (κ3) is 1.57. The molecule has 1 aromatic carbocycles. The van der Waals surface area contributed by atoms with Gasteiger partial charge in [-0.2, -0.15) is 0 Å². The van der Waals surface area contributed by atoms with Gasteiger partial charge in [0, 0.05) is 17.7 Å². The van der Waals surface area contributed by atoms with E-state index in [4.69, 9.17) is 0 Å². The van der Waals surface area contributed by atoms with Crippen molar-refractivity contribution in [1.29, 1.82) is 0 Å². The normalized spacial score (nSPS) is 10.1. The number of benzene rings is 1. The zero-order valence-electron chi connectivity index (χ0n) is 7.79. The van der Waals surface area contributed by atoms with Gasteiger partial charge in [0.25, 0.3) is 0 Å². The summed E-state index contributed by atoms with van der Waals surface area (Å²) in [5, 5.41) is 18.9. The van der Waals surface area contributed by atoms with Crippen LogP contribution in [0.1, 0.15) is 10.4 Å². The molecule has 0 saturated carbocycles. The van der Waals surface area contributed by atoms with Crippen LogP contribution in [0.4, 0.5) is 0 Å². The minimum Gasteiger partial charge on any atom is -0.494 e. The van der Waals surface area contributed by atoms with Crippen molar-refractivity contribution >= 4 is 6.29 Å². The maximum absolute atomic E-state index is 10.6. The molecule has 4 nitrogen and oxygen atoms in total. The lowest BCUT2D eigenvalue weighted by Crippen LogP contribution is -1.93. The molecular formula is C11H9NO3. The van der Waals surface area contributed by atoms with Crippen molar-refractivity contribution in [3.8, 4) is 17.4 Å². The molecule has 0 aliphatic carbocycles. The standard InChI is InChI=1S/C11H9NO3/c13-7-8-2-1-3-9(6-8)12-10(14)4-5-11(12)15/h1-7,14-15H. The average molecular weight is 203 g/mol. The number of hydrogen-bond donors (Lipinski definition) is 2. The van der Waals surface area contributed by atoms with Crippen LogP contribution in [0.3, 0.4) is 0 Å². The molecule has 0 aliphatic heterocycles. The molecule has 2 N–H and O–H groups in total. The van der Waals surface area contributed by atoms with Crippen LogP contribution in [-0.4, -0.2) is 21.1 Å². The Hall–Kier alpha value is -2.23. The number of carbonyl (C=O) groups excluding carboxylic acids is 1. The summed E-state index contributed by atoms with van der Waals surface area (Å²) >= 11 is 0. The van der Waals surface area contributed by atoms with Crippen LogP contribution in [0.5, 0.6) is 11.8 Å². The van der Waals surface area contributed by atoms with E-state index < -0.39 is 0 Å². The molecule has 0 bridgehead atoms. The zero-order chi connectivity index (χ0) is 10.8. The quantitative estimate of drug-likeness (QED) is 0.730. The molecule has 2 rings (SSSR count). The third-order valence-corrected chi connectivity index (χ3v) is 2.10. The van der Waals surface area contributed by atoms with Crippen molar-refractivity contribution in [3.05, 3.63) is 42.0 Å². The highest BCUT2D eigenvalue weighted by atomic mass is 16.3. The molecule has 0 spiro atoms. The maximum atomic E-state index is 10.6. The first-order chi connectivity index (χ1) is 7.22. The molecule has 2 aromatic rings. The van der Waals surface area contributed by atoms with Gasteiger partial charge in [0.05, 0.1) is 5.69 Å². The number of aldehydes is 1. The molecule has 0 unspecified atom stereocenters. The Balaban J connectivity index is 2.58. The third-order valence-electron chi connectivity index (χ3n) is 2.10. The maximum Gasteiger partial charge on any atom is 0.198 e. The molecule has 15 heavy (non-hydrogen) atoms. The van der Waals surface area contributed by atoms with Crippen molar-refractivity contribution in [1.82, 2.24) is 4.57 Å². The van der Waals surface area contributed by atoms with Gasteiger partial charge in [-0.1, -0.05) is 12.1 Å². The molecule has 0 amide bonds. The van der Waals surface area contributed by atoms with Crippen LogP contribution >= 0.6 is 0 Å². The summed E-state index contributed by atoms with van der Waals surface area (Å²) in [5.41, 5.74) is 1.03. The van der Waals surface area contributed by atoms with Crippen molar-refractivity contribution < 1.29 is 15.0 Å². The Morgan fingerprint density at radius 1 is 1.07 bits per heavy atom. The minimum atomic E-state index is -0.0736. The Kier molecular flexibility index (Phi) is 2.17. The van der Waals surface area contributed by atoms with Crippen LogP contribution < -0.4 is 0 Å². The van der Waals surface area contributed by atoms with Crippen molar-refractivity contribution in [2.45, 2.75) is 0 Å². The first kappa shape index (κ1) is 9.33. The zero-order valence-corrected chi connectivity index (χ0v) is 7.79. The number of aromatic nitrogens is 1. The van der Waals surface area contributed by atoms with Crippen LogP contribution in [0.2, 0.25) is 0 Å². The highest BCUT2D eigenvalue weighted by Gasteiger charge is 2.07. The SMILES string of the molecule is O=Cc1cccc(-n2c(O)ccc2O)c1. The van der Waals surface area contributed by atoms with Crippen molar-refractivity contribution in [3.63, 3.8) is 0 Å². The highest BCUT2D eigenvalue weighted by molar-refractivity contribution is 5.76. The summed E-state index contributed by atoms with van der Waals surface area (Å²) in [6.45, 7) is 0. The van der Waals surface area contributed by atoms with E-state index in [1.54, 1.807) is 24.3 Å². The van der Waals surface area contributed by atoms with Crippen molar-refractivity contribution in [2.75, 3.05) is 0 Å². The molecule has 4 heteroatoms. The van der Waals surface area contributed by atoms with Crippen LogP contribution in [0.15, 0.2) is 36.4 Å². The van der Waals surface area contributed by atoms with Gasteiger partial charge in [0.2, 0.25) is 0 Å². The fourth-order valence-electron chi connectivity index (χ4n) is 1.42. The Labute approximate surface area is 86.0 Å². The van der Waals surface area contributed by atoms with Gasteiger partial charge in [0.15, 0.2) is 11.8 Å². The summed E-state index contributed by atoms with van der Waals surface area (Å²) in [6, 6.07) is 9.34. The fraction of sp³-hybridized carbons (Fsp3) is 0. The van der Waals surface area contributed by atoms with E-state index in [-0.39, 0.29) is 11.8 Å². The van der Waals surface area contributed by atoms with Crippen LogP contribution in [-0.2, 0) is 0 Å². The van der Waals surface area contributed by atoms with E-state index in [1.807, 2.05) is 0 Å². The molecule has 0 radical (unpaired) electrons. The molecule has 1 aromatic heterocycles. The molecule has 0 atom stereocenters. The largest absolute Gasteiger partial charge is 0.494 e. The van der Waals surface area contributed by atoms with E-state index >= 15 is 0 Å². The van der Waals surface area contributed by atoms with Gasteiger partial charge in [0.1, 0.15) is 6.29 Å². The lowest BCUT2D eigenvalue weighted by atomic mass is 10.2. The summed E-state index contributed by atoms with van der Waals surface area (Å²) in [7, 11) is 0. The summed E-state index contributed by atoms with van der Waals surface area (Å²) < 4.78 is 1.24. The van der Waals surface area contributed by atoms with Gasteiger partial charge in [-0.05, 0) is 12.1 Å². The molecule has 0 saturated heterocycles. The van der Waals surface area contributed by atoms with Gasteiger partial charge in [-0.15, -0.1) is 0 Å². The molecular weight excluding hydrogens is 194 g/mol. The van der Waals surface area contributed by atoms with E-state index in [0.29, 0.717) is 17.5 Å². The fourth-order valence-corrected chi connectivity index (χ4v) is 1.42. The van der Waals surface area contributed by atoms with Gasteiger partial charge in [-0.3, -0.25) is 9.36 Å². The first-order valence-electron chi connectivity index (χ1n) is 4.37. The number of aromatic hydroxyl groups is 2. The lowest BCUT2D eigenvalue weighted by Gasteiger charge is -2.06. The average Bonchev–Trinajstić information content (AvgIpc) is 2.59. The van der Waals surface area contributed by atoms with Gasteiger partial charge in [-0.25, -0.2) is 0 Å². The monoisotopic (exact) mass is 203 g/mol. The second-order valence-electron chi connectivity index (χ2n) is 3.10.